The number of benzene rings is 2. The number of imide groups is 1. The molecular weight excluding hydrogens is 398 g/mol. The number of hydrogen-bond acceptors (Lipinski definition) is 5. The minimum absolute atomic E-state index is 0.0736. The Bertz CT molecular complexity index is 1190. The molecule has 9 heteroatoms. The summed E-state index contributed by atoms with van der Waals surface area (Å²) in [5.74, 6) is -0.639. The van der Waals surface area contributed by atoms with Crippen LogP contribution in [0.15, 0.2) is 65.7 Å². The summed E-state index contributed by atoms with van der Waals surface area (Å²) < 4.78 is 1.45. The monoisotopic (exact) mass is 419 g/mol. The van der Waals surface area contributed by atoms with Crippen molar-refractivity contribution in [2.45, 2.75) is 25.4 Å². The number of fused-ring (bicyclic) bond motifs is 1. The lowest BCUT2D eigenvalue weighted by Crippen LogP contribution is -2.34. The normalized spacial score (nSPS) is 15.9. The summed E-state index contributed by atoms with van der Waals surface area (Å²) in [7, 11) is 0. The van der Waals surface area contributed by atoms with Crippen LogP contribution < -0.4 is 21.1 Å². The Labute approximate surface area is 177 Å². The van der Waals surface area contributed by atoms with E-state index in [0.29, 0.717) is 16.6 Å². The highest BCUT2D eigenvalue weighted by atomic mass is 16.2. The number of carbonyl (C=O) groups excluding carboxylic acids is 3. The largest absolute Gasteiger partial charge is 0.354 e. The summed E-state index contributed by atoms with van der Waals surface area (Å²) in [6.45, 7) is 0.531. The van der Waals surface area contributed by atoms with Crippen LogP contribution in [-0.4, -0.2) is 40.0 Å². The summed E-state index contributed by atoms with van der Waals surface area (Å²) in [5, 5.41) is 5.88. The van der Waals surface area contributed by atoms with E-state index in [9.17, 15) is 19.2 Å². The molecule has 1 atom stereocenters. The lowest BCUT2D eigenvalue weighted by Gasteiger charge is -2.12. The summed E-state index contributed by atoms with van der Waals surface area (Å²) in [5.41, 5.74) is 0.951. The number of nitrogens with zero attached hydrogens (tertiary/aromatic N) is 3. The molecule has 3 aromatic rings. The van der Waals surface area contributed by atoms with Crippen molar-refractivity contribution >= 4 is 34.4 Å². The molecule has 1 aliphatic heterocycles. The number of amides is 4. The maximum absolute atomic E-state index is 12.5. The van der Waals surface area contributed by atoms with Crippen molar-refractivity contribution in [2.24, 2.45) is 0 Å². The average Bonchev–Trinajstić information content (AvgIpc) is 3.07. The summed E-state index contributed by atoms with van der Waals surface area (Å²) in [6, 6.07) is 14.5. The van der Waals surface area contributed by atoms with Crippen molar-refractivity contribution in [1.29, 1.82) is 0 Å². The molecule has 1 saturated heterocycles. The zero-order valence-electron chi connectivity index (χ0n) is 16.7. The molecule has 4 amide bonds. The van der Waals surface area contributed by atoms with Crippen molar-refractivity contribution in [2.75, 3.05) is 11.4 Å². The standard InChI is InChI=1S/C22H21N5O4/c28-19(23-12-13-26-14-24-17-9-5-4-8-16(17)20(26)29)11-10-18-21(30)27(22(31)25-18)15-6-2-1-3-7-15/h1-9,14,18H,10-13H2,(H,23,28)(H,25,31)/t18-/m1/s1. The molecule has 0 saturated carbocycles. The van der Waals surface area contributed by atoms with Crippen LogP contribution in [0.4, 0.5) is 10.5 Å². The molecule has 2 N–H and O–H groups in total. The fraction of sp³-hybridized carbons (Fsp3) is 0.227. The van der Waals surface area contributed by atoms with Crippen LogP contribution >= 0.6 is 0 Å². The molecule has 158 valence electrons. The summed E-state index contributed by atoms with van der Waals surface area (Å²) in [6.07, 6.45) is 1.73. The first kappa shape index (κ1) is 20.3. The highest BCUT2D eigenvalue weighted by Gasteiger charge is 2.38. The van der Waals surface area contributed by atoms with E-state index >= 15 is 0 Å². The van der Waals surface area contributed by atoms with Gasteiger partial charge in [0.05, 0.1) is 22.9 Å². The highest BCUT2D eigenvalue weighted by molar-refractivity contribution is 6.21. The van der Waals surface area contributed by atoms with E-state index < -0.39 is 12.1 Å². The van der Waals surface area contributed by atoms with Crippen LogP contribution in [0.5, 0.6) is 0 Å². The summed E-state index contributed by atoms with van der Waals surface area (Å²) in [4.78, 5) is 54.6. The number of aromatic nitrogens is 2. The van der Waals surface area contributed by atoms with E-state index in [0.717, 1.165) is 4.90 Å². The number of urea groups is 1. The Morgan fingerprint density at radius 1 is 1.03 bits per heavy atom. The van der Waals surface area contributed by atoms with Gasteiger partial charge in [-0.1, -0.05) is 30.3 Å². The lowest BCUT2D eigenvalue weighted by atomic mass is 10.1. The first-order valence-electron chi connectivity index (χ1n) is 9.95. The first-order chi connectivity index (χ1) is 15.0. The number of carbonyl (C=O) groups is 3. The van der Waals surface area contributed by atoms with Crippen molar-refractivity contribution in [3.05, 3.63) is 71.3 Å². The van der Waals surface area contributed by atoms with Gasteiger partial charge in [-0.2, -0.15) is 0 Å². The highest BCUT2D eigenvalue weighted by Crippen LogP contribution is 2.20. The van der Waals surface area contributed by atoms with Gasteiger partial charge in [-0.25, -0.2) is 14.7 Å². The smallest absolute Gasteiger partial charge is 0.329 e. The maximum Gasteiger partial charge on any atom is 0.329 e. The third kappa shape index (κ3) is 4.30. The van der Waals surface area contributed by atoms with Gasteiger partial charge in [-0.15, -0.1) is 0 Å². The van der Waals surface area contributed by atoms with E-state index in [2.05, 4.69) is 15.6 Å². The molecule has 1 aromatic heterocycles. The third-order valence-corrected chi connectivity index (χ3v) is 5.10. The Morgan fingerprint density at radius 2 is 1.77 bits per heavy atom. The molecule has 1 fully saturated rings. The van der Waals surface area contributed by atoms with Gasteiger partial charge < -0.3 is 10.6 Å². The van der Waals surface area contributed by atoms with Gasteiger partial charge in [-0.3, -0.25) is 19.0 Å². The SMILES string of the molecule is O=C(CC[C@H]1NC(=O)N(c2ccccc2)C1=O)NCCn1cnc2ccccc2c1=O. The topological polar surface area (TPSA) is 113 Å². The van der Waals surface area contributed by atoms with Gasteiger partial charge in [-0.05, 0) is 30.7 Å². The van der Waals surface area contributed by atoms with Crippen molar-refractivity contribution in [3.63, 3.8) is 0 Å². The van der Waals surface area contributed by atoms with Gasteiger partial charge in [0.25, 0.3) is 11.5 Å². The zero-order valence-corrected chi connectivity index (χ0v) is 16.7. The van der Waals surface area contributed by atoms with Crippen molar-refractivity contribution < 1.29 is 14.4 Å². The predicted octanol–water partition coefficient (Wildman–Crippen LogP) is 1.42. The second-order valence-electron chi connectivity index (χ2n) is 7.16. The minimum Gasteiger partial charge on any atom is -0.354 e. The Morgan fingerprint density at radius 3 is 2.58 bits per heavy atom. The summed E-state index contributed by atoms with van der Waals surface area (Å²) >= 11 is 0. The molecule has 0 spiro atoms. The van der Waals surface area contributed by atoms with Crippen LogP contribution in [0.1, 0.15) is 12.8 Å². The van der Waals surface area contributed by atoms with Gasteiger partial charge in [0.2, 0.25) is 5.91 Å². The molecule has 4 rings (SSSR count). The molecule has 0 unspecified atom stereocenters. The molecule has 0 bridgehead atoms. The molecule has 0 aliphatic carbocycles. The van der Waals surface area contributed by atoms with E-state index in [-0.39, 0.29) is 43.3 Å². The van der Waals surface area contributed by atoms with Crippen molar-refractivity contribution in [1.82, 2.24) is 20.2 Å². The Kier molecular flexibility index (Phi) is 5.74. The quantitative estimate of drug-likeness (QED) is 0.563. The molecule has 2 heterocycles. The Balaban J connectivity index is 1.27. The molecule has 2 aromatic carbocycles. The molecular formula is C22H21N5O4. The zero-order chi connectivity index (χ0) is 21.8. The number of anilines is 1. The van der Waals surface area contributed by atoms with Gasteiger partial charge in [0, 0.05) is 19.5 Å². The second kappa shape index (κ2) is 8.78. The number of para-hydroxylation sites is 2. The molecule has 1 aliphatic rings. The molecule has 9 nitrogen and oxygen atoms in total. The average molecular weight is 419 g/mol. The molecule has 31 heavy (non-hydrogen) atoms. The van der Waals surface area contributed by atoms with Crippen LogP contribution in [-0.2, 0) is 16.1 Å². The lowest BCUT2D eigenvalue weighted by molar-refractivity contribution is -0.121. The maximum atomic E-state index is 12.5. The van der Waals surface area contributed by atoms with Crippen molar-refractivity contribution in [3.8, 4) is 0 Å². The third-order valence-electron chi connectivity index (χ3n) is 5.10. The van der Waals surface area contributed by atoms with E-state index in [4.69, 9.17) is 0 Å². The number of rotatable bonds is 7. The van der Waals surface area contributed by atoms with Crippen LogP contribution in [0, 0.1) is 0 Å². The molecule has 0 radical (unpaired) electrons. The van der Waals surface area contributed by atoms with Gasteiger partial charge >= 0.3 is 6.03 Å². The van der Waals surface area contributed by atoms with Gasteiger partial charge in [0.1, 0.15) is 6.04 Å². The van der Waals surface area contributed by atoms with Crippen LogP contribution in [0.2, 0.25) is 0 Å². The van der Waals surface area contributed by atoms with Crippen LogP contribution in [0.3, 0.4) is 0 Å². The van der Waals surface area contributed by atoms with E-state index in [1.54, 1.807) is 48.5 Å². The second-order valence-corrected chi connectivity index (χ2v) is 7.16. The minimum atomic E-state index is -0.745. The predicted molar refractivity (Wildman–Crippen MR) is 114 cm³/mol. The fourth-order valence-corrected chi connectivity index (χ4v) is 3.49. The fourth-order valence-electron chi connectivity index (χ4n) is 3.49. The number of nitrogens with one attached hydrogen (secondary N) is 2. The van der Waals surface area contributed by atoms with E-state index in [1.165, 1.54) is 10.9 Å². The van der Waals surface area contributed by atoms with Gasteiger partial charge in [0.15, 0.2) is 0 Å². The van der Waals surface area contributed by atoms with E-state index in [1.807, 2.05) is 6.07 Å². The first-order valence-corrected chi connectivity index (χ1v) is 9.95. The number of hydrogen-bond donors (Lipinski definition) is 2. The van der Waals surface area contributed by atoms with Crippen LogP contribution in [0.25, 0.3) is 10.9 Å². The Hall–Kier alpha value is -4.01.